The smallest absolute Gasteiger partial charge is 0.322 e. The lowest BCUT2D eigenvalue weighted by atomic mass is 10.1. The monoisotopic (exact) mass is 578 g/mol. The number of anilines is 1. The molecule has 0 saturated carbocycles. The molecule has 10 heteroatoms. The first-order valence-corrected chi connectivity index (χ1v) is 14.8. The summed E-state index contributed by atoms with van der Waals surface area (Å²) in [6.07, 6.45) is 0.875. The minimum atomic E-state index is -4.01. The summed E-state index contributed by atoms with van der Waals surface area (Å²) in [6, 6.07) is 17.5. The van der Waals surface area contributed by atoms with Gasteiger partial charge in [0.1, 0.15) is 17.4 Å². The fourth-order valence-electron chi connectivity index (χ4n) is 4.35. The Balaban J connectivity index is 1.48. The molecule has 0 aliphatic rings. The number of amides is 1. The highest BCUT2D eigenvalue weighted by molar-refractivity contribution is 7.89. The van der Waals surface area contributed by atoms with Gasteiger partial charge in [0, 0.05) is 11.3 Å². The summed E-state index contributed by atoms with van der Waals surface area (Å²) >= 11 is 0. The second-order valence-electron chi connectivity index (χ2n) is 10.3. The normalized spacial score (nSPS) is 13.2. The first-order valence-electron chi connectivity index (χ1n) is 13.4. The summed E-state index contributed by atoms with van der Waals surface area (Å²) in [7, 11) is -4.01. The number of aryl methyl sites for hydroxylation is 1. The molecule has 3 N–H and O–H groups in total. The third-order valence-electron chi connectivity index (χ3n) is 6.88. The molecule has 3 aromatic carbocycles. The van der Waals surface area contributed by atoms with E-state index in [1.54, 1.807) is 56.3 Å². The number of rotatable bonds is 11. The molecule has 0 spiro atoms. The molecule has 0 bridgehead atoms. The molecule has 2 unspecified atom stereocenters. The maximum absolute atomic E-state index is 13.1. The van der Waals surface area contributed by atoms with Crippen molar-refractivity contribution in [3.63, 3.8) is 0 Å². The minimum absolute atomic E-state index is 0.0251. The third-order valence-corrected chi connectivity index (χ3v) is 8.34. The van der Waals surface area contributed by atoms with Crippen molar-refractivity contribution >= 4 is 38.6 Å². The Morgan fingerprint density at radius 1 is 0.951 bits per heavy atom. The Bertz CT molecular complexity index is 1660. The Kier molecular flexibility index (Phi) is 8.84. The van der Waals surface area contributed by atoms with Gasteiger partial charge in [0.15, 0.2) is 5.76 Å². The summed E-state index contributed by atoms with van der Waals surface area (Å²) in [5.74, 6) is -1.15. The number of fused-ring (bicyclic) bond motifs is 1. The summed E-state index contributed by atoms with van der Waals surface area (Å²) < 4.78 is 39.6. The van der Waals surface area contributed by atoms with Gasteiger partial charge in [-0.05, 0) is 73.7 Å². The van der Waals surface area contributed by atoms with E-state index in [0.29, 0.717) is 22.6 Å². The van der Waals surface area contributed by atoms with Crippen LogP contribution in [0.25, 0.3) is 22.1 Å². The quantitative estimate of drug-likeness (QED) is 0.192. The molecule has 0 radical (unpaired) electrons. The largest absolute Gasteiger partial charge is 0.490 e. The number of nitrogens with one attached hydrogen (secondary N) is 2. The number of furan rings is 1. The van der Waals surface area contributed by atoms with Crippen LogP contribution in [-0.4, -0.2) is 37.5 Å². The molecule has 9 nitrogen and oxygen atoms in total. The first-order chi connectivity index (χ1) is 19.4. The molecule has 216 valence electrons. The van der Waals surface area contributed by atoms with Gasteiger partial charge < -0.3 is 19.6 Å². The average molecular weight is 579 g/mol. The second kappa shape index (κ2) is 12.2. The molecule has 1 heterocycles. The number of sulfonamides is 1. The minimum Gasteiger partial charge on any atom is -0.490 e. The van der Waals surface area contributed by atoms with Crippen LogP contribution in [0, 0.1) is 12.8 Å². The number of hydrogen-bond acceptors (Lipinski definition) is 6. The zero-order valence-electron chi connectivity index (χ0n) is 23.6. The molecule has 4 aromatic rings. The van der Waals surface area contributed by atoms with Gasteiger partial charge in [0.2, 0.25) is 10.0 Å². The molecule has 2 atom stereocenters. The van der Waals surface area contributed by atoms with Crippen molar-refractivity contribution < 1.29 is 32.3 Å². The van der Waals surface area contributed by atoms with E-state index in [-0.39, 0.29) is 22.7 Å². The maximum Gasteiger partial charge on any atom is 0.322 e. The molecule has 0 fully saturated rings. The van der Waals surface area contributed by atoms with Gasteiger partial charge in [-0.15, -0.1) is 0 Å². The number of carboxylic acids is 1. The topological polar surface area (TPSA) is 135 Å². The maximum atomic E-state index is 13.1. The van der Waals surface area contributed by atoms with Crippen molar-refractivity contribution in [2.75, 3.05) is 5.32 Å². The van der Waals surface area contributed by atoms with Gasteiger partial charge in [-0.2, -0.15) is 4.72 Å². The summed E-state index contributed by atoms with van der Waals surface area (Å²) in [6.45, 7) is 9.13. The Morgan fingerprint density at radius 3 is 2.12 bits per heavy atom. The van der Waals surface area contributed by atoms with E-state index < -0.39 is 28.0 Å². The van der Waals surface area contributed by atoms with Gasteiger partial charge in [-0.25, -0.2) is 8.42 Å². The van der Waals surface area contributed by atoms with Crippen molar-refractivity contribution in [3.05, 3.63) is 78.1 Å². The predicted molar refractivity (Wildman–Crippen MR) is 158 cm³/mol. The Morgan fingerprint density at radius 2 is 1.56 bits per heavy atom. The molecule has 0 saturated heterocycles. The fraction of sp³-hybridized carbons (Fsp3) is 0.290. The molecular weight excluding hydrogens is 544 g/mol. The van der Waals surface area contributed by atoms with Crippen LogP contribution in [0.2, 0.25) is 0 Å². The Labute approximate surface area is 239 Å². The van der Waals surface area contributed by atoms with Crippen LogP contribution in [0.5, 0.6) is 5.75 Å². The van der Waals surface area contributed by atoms with Crippen LogP contribution in [-0.2, 0) is 14.8 Å². The SMILES string of the molecule is CCC(C)Oc1cccc2oc(C(=O)Nc3ccc(-c4ccc(S(=O)(=O)NC(C(=O)O)C(C)C)cc4)cc3)c(C)c12. The van der Waals surface area contributed by atoms with Gasteiger partial charge in [0.25, 0.3) is 5.91 Å². The molecular formula is C31H34N2O7S. The van der Waals surface area contributed by atoms with Crippen LogP contribution < -0.4 is 14.8 Å². The molecule has 1 aromatic heterocycles. The zero-order chi connectivity index (χ0) is 29.9. The van der Waals surface area contributed by atoms with Crippen molar-refractivity contribution in [2.45, 2.75) is 58.1 Å². The van der Waals surface area contributed by atoms with Crippen LogP contribution in [0.3, 0.4) is 0 Å². The highest BCUT2D eigenvalue weighted by atomic mass is 32.2. The van der Waals surface area contributed by atoms with Crippen LogP contribution >= 0.6 is 0 Å². The van der Waals surface area contributed by atoms with E-state index in [4.69, 9.17) is 9.15 Å². The number of benzene rings is 3. The summed E-state index contributed by atoms with van der Waals surface area (Å²) in [5, 5.41) is 13.0. The summed E-state index contributed by atoms with van der Waals surface area (Å²) in [5.41, 5.74) is 3.39. The van der Waals surface area contributed by atoms with E-state index in [9.17, 15) is 23.1 Å². The van der Waals surface area contributed by atoms with E-state index in [0.717, 1.165) is 22.9 Å². The fourth-order valence-corrected chi connectivity index (χ4v) is 5.69. The molecule has 0 aliphatic carbocycles. The highest BCUT2D eigenvalue weighted by Gasteiger charge is 2.28. The highest BCUT2D eigenvalue weighted by Crippen LogP contribution is 2.34. The van der Waals surface area contributed by atoms with E-state index in [1.165, 1.54) is 12.1 Å². The number of carboxylic acid groups (broad SMARTS) is 1. The standard InChI is InChI=1S/C31H34N2O7S/c1-6-19(4)39-25-8-7-9-26-27(25)20(5)29(40-26)30(34)32-23-14-10-21(11-15-23)22-12-16-24(17-13-22)41(37,38)33-28(18(2)3)31(35)36/h7-19,28,33H,6H2,1-5H3,(H,32,34)(H,35,36). The van der Waals surface area contributed by atoms with E-state index >= 15 is 0 Å². The van der Waals surface area contributed by atoms with Crippen LogP contribution in [0.1, 0.15) is 50.2 Å². The molecule has 41 heavy (non-hydrogen) atoms. The van der Waals surface area contributed by atoms with Crippen molar-refractivity contribution in [1.82, 2.24) is 4.72 Å². The lowest BCUT2D eigenvalue weighted by molar-refractivity contribution is -0.140. The first kappa shape index (κ1) is 29.8. The Hall–Kier alpha value is -4.15. The third kappa shape index (κ3) is 6.61. The average Bonchev–Trinajstić information content (AvgIpc) is 3.29. The van der Waals surface area contributed by atoms with Gasteiger partial charge in [-0.1, -0.05) is 51.1 Å². The lowest BCUT2D eigenvalue weighted by Gasteiger charge is -2.18. The molecule has 4 rings (SSSR count). The van der Waals surface area contributed by atoms with Crippen molar-refractivity contribution in [2.24, 2.45) is 5.92 Å². The number of hydrogen-bond donors (Lipinski definition) is 3. The lowest BCUT2D eigenvalue weighted by Crippen LogP contribution is -2.44. The van der Waals surface area contributed by atoms with Gasteiger partial charge in [-0.3, -0.25) is 9.59 Å². The predicted octanol–water partition coefficient (Wildman–Crippen LogP) is 6.23. The van der Waals surface area contributed by atoms with Crippen molar-refractivity contribution in [3.8, 4) is 16.9 Å². The van der Waals surface area contributed by atoms with E-state index in [1.807, 2.05) is 32.9 Å². The number of carbonyl (C=O) groups is 2. The molecule has 0 aliphatic heterocycles. The number of carbonyl (C=O) groups excluding carboxylic acids is 1. The van der Waals surface area contributed by atoms with Crippen LogP contribution in [0.4, 0.5) is 5.69 Å². The van der Waals surface area contributed by atoms with E-state index in [2.05, 4.69) is 10.0 Å². The number of ether oxygens (including phenoxy) is 1. The summed E-state index contributed by atoms with van der Waals surface area (Å²) in [4.78, 5) is 24.5. The van der Waals surface area contributed by atoms with Crippen molar-refractivity contribution in [1.29, 1.82) is 0 Å². The molecule has 1 amide bonds. The van der Waals surface area contributed by atoms with Gasteiger partial charge in [0.05, 0.1) is 16.4 Å². The zero-order valence-corrected chi connectivity index (χ0v) is 24.4. The second-order valence-corrected chi connectivity index (χ2v) is 12.0. The number of aliphatic carboxylic acids is 1. The van der Waals surface area contributed by atoms with Gasteiger partial charge >= 0.3 is 5.97 Å². The van der Waals surface area contributed by atoms with Crippen LogP contribution in [0.15, 0.2) is 76.0 Å².